The fourth-order valence-corrected chi connectivity index (χ4v) is 4.06. The van der Waals surface area contributed by atoms with E-state index in [1.807, 2.05) is 0 Å². The van der Waals surface area contributed by atoms with Crippen molar-refractivity contribution in [1.29, 1.82) is 0 Å². The molecule has 1 aliphatic heterocycles. The van der Waals surface area contributed by atoms with Crippen LogP contribution in [0.25, 0.3) is 5.65 Å². The van der Waals surface area contributed by atoms with Gasteiger partial charge in [0.05, 0.1) is 17.1 Å². The molecule has 1 fully saturated rings. The van der Waals surface area contributed by atoms with Gasteiger partial charge in [-0.1, -0.05) is 0 Å². The summed E-state index contributed by atoms with van der Waals surface area (Å²) in [5.74, 6) is -0.381. The van der Waals surface area contributed by atoms with Crippen LogP contribution in [0.5, 0.6) is 0 Å². The first kappa shape index (κ1) is 12.1. The summed E-state index contributed by atoms with van der Waals surface area (Å²) in [4.78, 5) is 10.9. The molecule has 1 aliphatic rings. The van der Waals surface area contributed by atoms with Gasteiger partial charge in [-0.2, -0.15) is 0 Å². The summed E-state index contributed by atoms with van der Waals surface area (Å²) >= 11 is 0. The molecule has 0 spiro atoms. The van der Waals surface area contributed by atoms with Gasteiger partial charge >= 0.3 is 5.97 Å². The molecule has 3 rings (SSSR count). The maximum atomic E-state index is 11.5. The Morgan fingerprint density at radius 2 is 2.21 bits per heavy atom. The lowest BCUT2D eigenvalue weighted by Gasteiger charge is -2.05. The molecular weight excluding hydrogens is 270 g/mol. The molecule has 1 N–H and O–H groups in total. The van der Waals surface area contributed by atoms with Crippen molar-refractivity contribution in [3.8, 4) is 0 Å². The van der Waals surface area contributed by atoms with Crippen molar-refractivity contribution in [3.05, 3.63) is 29.7 Å². The van der Waals surface area contributed by atoms with Gasteiger partial charge in [-0.25, -0.2) is 13.2 Å². The van der Waals surface area contributed by atoms with E-state index < -0.39 is 15.8 Å². The van der Waals surface area contributed by atoms with Crippen LogP contribution in [0.1, 0.15) is 28.5 Å². The minimum Gasteiger partial charge on any atom is -0.478 e. The Balaban J connectivity index is 2.04. The summed E-state index contributed by atoms with van der Waals surface area (Å²) in [5.41, 5.74) is 0.546. The summed E-state index contributed by atoms with van der Waals surface area (Å²) in [6.07, 6.45) is 2.10. The summed E-state index contributed by atoms with van der Waals surface area (Å²) in [6, 6.07) is 2.87. The predicted octanol–water partition coefficient (Wildman–Crippen LogP) is 0.330. The van der Waals surface area contributed by atoms with Crippen LogP contribution >= 0.6 is 0 Å². The molecule has 1 saturated heterocycles. The van der Waals surface area contributed by atoms with E-state index in [0.717, 1.165) is 0 Å². The minimum absolute atomic E-state index is 0.0779. The zero-order chi connectivity index (χ0) is 13.6. The second kappa shape index (κ2) is 4.02. The van der Waals surface area contributed by atoms with E-state index in [1.54, 1.807) is 10.6 Å². The average molecular weight is 281 g/mol. The number of carboxylic acids is 1. The fourth-order valence-electron chi connectivity index (χ4n) is 2.32. The van der Waals surface area contributed by atoms with Gasteiger partial charge in [-0.3, -0.25) is 4.40 Å². The standard InChI is InChI=1S/C11H11N3O4S/c15-11(16)7-1-3-14-9(5-7)12-13-10(14)8-2-4-19(17,18)6-8/h1,3,5,8H,2,4,6H2,(H,15,16). The molecule has 100 valence electrons. The number of pyridine rings is 1. The van der Waals surface area contributed by atoms with Crippen LogP contribution in [0.2, 0.25) is 0 Å². The Bertz CT molecular complexity index is 765. The van der Waals surface area contributed by atoms with E-state index in [4.69, 9.17) is 5.11 Å². The van der Waals surface area contributed by atoms with E-state index in [-0.39, 0.29) is 23.0 Å². The van der Waals surface area contributed by atoms with E-state index in [0.29, 0.717) is 17.9 Å². The molecule has 0 saturated carbocycles. The van der Waals surface area contributed by atoms with Gasteiger partial charge in [0, 0.05) is 12.1 Å². The summed E-state index contributed by atoms with van der Waals surface area (Å²) in [7, 11) is -2.99. The molecule has 8 heteroatoms. The first-order valence-corrected chi connectivity index (χ1v) is 7.57. The quantitative estimate of drug-likeness (QED) is 0.851. The number of sulfone groups is 1. The Labute approximate surface area is 108 Å². The molecule has 0 bridgehead atoms. The van der Waals surface area contributed by atoms with Gasteiger partial charge in [-0.05, 0) is 18.6 Å². The number of hydrogen-bond acceptors (Lipinski definition) is 5. The molecule has 0 aliphatic carbocycles. The van der Waals surface area contributed by atoms with Crippen LogP contribution < -0.4 is 0 Å². The average Bonchev–Trinajstić information content (AvgIpc) is 2.91. The summed E-state index contributed by atoms with van der Waals surface area (Å²) < 4.78 is 24.6. The van der Waals surface area contributed by atoms with Crippen LogP contribution in [0.4, 0.5) is 0 Å². The lowest BCUT2D eigenvalue weighted by Crippen LogP contribution is -2.07. The van der Waals surface area contributed by atoms with Crippen molar-refractivity contribution in [2.45, 2.75) is 12.3 Å². The Morgan fingerprint density at radius 1 is 1.42 bits per heavy atom. The van der Waals surface area contributed by atoms with Crippen molar-refractivity contribution in [2.24, 2.45) is 0 Å². The van der Waals surface area contributed by atoms with Crippen LogP contribution in [-0.2, 0) is 9.84 Å². The van der Waals surface area contributed by atoms with Crippen molar-refractivity contribution in [2.75, 3.05) is 11.5 Å². The van der Waals surface area contributed by atoms with Gasteiger partial charge in [0.15, 0.2) is 15.5 Å². The number of carbonyl (C=O) groups is 1. The van der Waals surface area contributed by atoms with E-state index in [2.05, 4.69) is 10.2 Å². The molecule has 19 heavy (non-hydrogen) atoms. The highest BCUT2D eigenvalue weighted by Gasteiger charge is 2.32. The zero-order valence-electron chi connectivity index (χ0n) is 9.85. The summed E-state index contributed by atoms with van der Waals surface area (Å²) in [5, 5.41) is 16.8. The maximum absolute atomic E-state index is 11.5. The van der Waals surface area contributed by atoms with Gasteiger partial charge in [-0.15, -0.1) is 10.2 Å². The minimum atomic E-state index is -2.99. The van der Waals surface area contributed by atoms with Crippen molar-refractivity contribution >= 4 is 21.5 Å². The number of fused-ring (bicyclic) bond motifs is 1. The van der Waals surface area contributed by atoms with E-state index in [1.165, 1.54) is 12.1 Å². The second-order valence-corrected chi connectivity index (χ2v) is 6.84. The van der Waals surface area contributed by atoms with E-state index in [9.17, 15) is 13.2 Å². The van der Waals surface area contributed by atoms with Crippen LogP contribution in [0.3, 0.4) is 0 Å². The second-order valence-electron chi connectivity index (χ2n) is 4.61. The fraction of sp³-hybridized carbons (Fsp3) is 0.364. The third-order valence-corrected chi connectivity index (χ3v) is 5.05. The molecule has 1 atom stereocenters. The smallest absolute Gasteiger partial charge is 0.335 e. The summed E-state index contributed by atoms with van der Waals surface area (Å²) in [6.45, 7) is 0. The Hall–Kier alpha value is -1.96. The SMILES string of the molecule is O=C(O)c1ccn2c(C3CCS(=O)(=O)C3)nnc2c1. The number of carboxylic acid groups (broad SMARTS) is 1. The topological polar surface area (TPSA) is 102 Å². The highest BCUT2D eigenvalue weighted by atomic mass is 32.2. The maximum Gasteiger partial charge on any atom is 0.335 e. The van der Waals surface area contributed by atoms with Gasteiger partial charge < -0.3 is 5.11 Å². The molecule has 2 aromatic rings. The Morgan fingerprint density at radius 3 is 2.84 bits per heavy atom. The van der Waals surface area contributed by atoms with Gasteiger partial charge in [0.25, 0.3) is 0 Å². The number of nitrogens with zero attached hydrogens (tertiary/aromatic N) is 3. The third kappa shape index (κ3) is 2.07. The van der Waals surface area contributed by atoms with Crippen molar-refractivity contribution < 1.29 is 18.3 Å². The molecule has 0 aromatic carbocycles. The van der Waals surface area contributed by atoms with Crippen molar-refractivity contribution in [1.82, 2.24) is 14.6 Å². The monoisotopic (exact) mass is 281 g/mol. The number of aromatic nitrogens is 3. The molecular formula is C11H11N3O4S. The van der Waals surface area contributed by atoms with E-state index >= 15 is 0 Å². The highest BCUT2D eigenvalue weighted by molar-refractivity contribution is 7.91. The Kier molecular flexibility index (Phi) is 2.56. The molecule has 0 radical (unpaired) electrons. The molecule has 3 heterocycles. The van der Waals surface area contributed by atoms with Crippen LogP contribution in [0.15, 0.2) is 18.3 Å². The van der Waals surface area contributed by atoms with Crippen molar-refractivity contribution in [3.63, 3.8) is 0 Å². The highest BCUT2D eigenvalue weighted by Crippen LogP contribution is 2.27. The molecule has 0 amide bonds. The molecule has 1 unspecified atom stereocenters. The van der Waals surface area contributed by atoms with Gasteiger partial charge in [0.1, 0.15) is 5.82 Å². The van der Waals surface area contributed by atoms with Gasteiger partial charge in [0.2, 0.25) is 0 Å². The third-order valence-electron chi connectivity index (χ3n) is 3.28. The number of rotatable bonds is 2. The number of aromatic carboxylic acids is 1. The predicted molar refractivity (Wildman–Crippen MR) is 66.0 cm³/mol. The largest absolute Gasteiger partial charge is 0.478 e. The first-order valence-electron chi connectivity index (χ1n) is 5.75. The molecule has 7 nitrogen and oxygen atoms in total. The normalized spacial score (nSPS) is 21.8. The van der Waals surface area contributed by atoms with Crippen LogP contribution in [0, 0.1) is 0 Å². The lowest BCUT2D eigenvalue weighted by molar-refractivity contribution is 0.0697. The zero-order valence-corrected chi connectivity index (χ0v) is 10.7. The lowest BCUT2D eigenvalue weighted by atomic mass is 10.1. The first-order chi connectivity index (χ1) is 8.96. The van der Waals surface area contributed by atoms with Crippen LogP contribution in [-0.4, -0.2) is 45.6 Å². The number of hydrogen-bond donors (Lipinski definition) is 1. The molecule has 2 aromatic heterocycles.